The van der Waals surface area contributed by atoms with Gasteiger partial charge in [0.25, 0.3) is 0 Å². The van der Waals surface area contributed by atoms with Gasteiger partial charge in [0, 0.05) is 22.2 Å². The van der Waals surface area contributed by atoms with Gasteiger partial charge in [0.1, 0.15) is 0 Å². The van der Waals surface area contributed by atoms with Crippen molar-refractivity contribution >= 4 is 51.7 Å². The number of carboxylic acids is 1. The van der Waals surface area contributed by atoms with Gasteiger partial charge in [0.05, 0.1) is 17.1 Å². The molecule has 1 aromatic heterocycles. The summed E-state index contributed by atoms with van der Waals surface area (Å²) in [6, 6.07) is 7.24. The van der Waals surface area contributed by atoms with Gasteiger partial charge < -0.3 is 15.7 Å². The molecular formula is C21H23N3O4S2. The van der Waals surface area contributed by atoms with Gasteiger partial charge in [-0.05, 0) is 37.5 Å². The van der Waals surface area contributed by atoms with Gasteiger partial charge in [-0.2, -0.15) is 0 Å². The molecule has 7 nitrogen and oxygen atoms in total. The molecule has 0 radical (unpaired) electrons. The minimum absolute atomic E-state index is 0.120. The lowest BCUT2D eigenvalue weighted by atomic mass is 9.82. The minimum atomic E-state index is -0.958. The number of rotatable bonds is 8. The highest BCUT2D eigenvalue weighted by atomic mass is 32.2. The van der Waals surface area contributed by atoms with E-state index >= 15 is 0 Å². The first-order valence-electron chi connectivity index (χ1n) is 9.63. The number of amides is 2. The summed E-state index contributed by atoms with van der Waals surface area (Å²) in [6.45, 7) is 1.94. The SMILES string of the molecule is CCC(Sc1cccc(NC(=O)C2CC=CCC2C(=O)O)c1)C(=O)Nc1nccs1. The normalized spacial score (nSPS) is 19.1. The number of allylic oxidation sites excluding steroid dienone is 2. The Hall–Kier alpha value is -2.65. The summed E-state index contributed by atoms with van der Waals surface area (Å²) in [7, 11) is 0. The van der Waals surface area contributed by atoms with Crippen LogP contribution >= 0.6 is 23.1 Å². The summed E-state index contributed by atoms with van der Waals surface area (Å²) in [5.41, 5.74) is 0.582. The Bertz CT molecular complexity index is 930. The second kappa shape index (κ2) is 10.4. The van der Waals surface area contributed by atoms with E-state index in [1.165, 1.54) is 23.1 Å². The monoisotopic (exact) mass is 445 g/mol. The molecule has 0 saturated heterocycles. The van der Waals surface area contributed by atoms with Gasteiger partial charge in [0.2, 0.25) is 11.8 Å². The first kappa shape index (κ1) is 22.0. The second-order valence-corrected chi connectivity index (χ2v) is 9.02. The van der Waals surface area contributed by atoms with Gasteiger partial charge in [-0.1, -0.05) is 25.1 Å². The van der Waals surface area contributed by atoms with Crippen molar-refractivity contribution in [2.45, 2.75) is 36.3 Å². The number of hydrogen-bond donors (Lipinski definition) is 3. The molecule has 3 N–H and O–H groups in total. The molecule has 30 heavy (non-hydrogen) atoms. The highest BCUT2D eigenvalue weighted by Gasteiger charge is 2.34. The first-order valence-corrected chi connectivity index (χ1v) is 11.4. The molecule has 2 amide bonds. The fourth-order valence-electron chi connectivity index (χ4n) is 3.22. The first-order chi connectivity index (χ1) is 14.5. The molecule has 2 aromatic rings. The van der Waals surface area contributed by atoms with Crippen LogP contribution in [0.2, 0.25) is 0 Å². The van der Waals surface area contributed by atoms with Crippen LogP contribution in [0.3, 0.4) is 0 Å². The quantitative estimate of drug-likeness (QED) is 0.414. The number of aliphatic carboxylic acids is 1. The number of hydrogen-bond acceptors (Lipinski definition) is 6. The molecule has 1 aromatic carbocycles. The highest BCUT2D eigenvalue weighted by molar-refractivity contribution is 8.00. The summed E-state index contributed by atoms with van der Waals surface area (Å²) < 4.78 is 0. The molecule has 3 rings (SSSR count). The predicted octanol–water partition coefficient (Wildman–Crippen LogP) is 4.26. The van der Waals surface area contributed by atoms with Gasteiger partial charge in [-0.25, -0.2) is 4.98 Å². The average Bonchev–Trinajstić information content (AvgIpc) is 3.25. The molecular weight excluding hydrogens is 422 g/mol. The van der Waals surface area contributed by atoms with E-state index in [0.717, 1.165) is 4.90 Å². The summed E-state index contributed by atoms with van der Waals surface area (Å²) in [5.74, 6) is -2.70. The van der Waals surface area contributed by atoms with E-state index in [9.17, 15) is 19.5 Å². The largest absolute Gasteiger partial charge is 0.481 e. The minimum Gasteiger partial charge on any atom is -0.481 e. The van der Waals surface area contributed by atoms with Crippen LogP contribution < -0.4 is 10.6 Å². The lowest BCUT2D eigenvalue weighted by molar-refractivity contribution is -0.146. The van der Waals surface area contributed by atoms with Crippen molar-refractivity contribution in [3.05, 3.63) is 48.0 Å². The van der Waals surface area contributed by atoms with Crippen LogP contribution in [0.5, 0.6) is 0 Å². The number of thiazole rings is 1. The van der Waals surface area contributed by atoms with Gasteiger partial charge >= 0.3 is 5.97 Å². The van der Waals surface area contributed by atoms with Crippen LogP contribution in [-0.2, 0) is 14.4 Å². The third-order valence-electron chi connectivity index (χ3n) is 4.79. The number of nitrogens with zero attached hydrogens (tertiary/aromatic N) is 1. The molecule has 9 heteroatoms. The Morgan fingerprint density at radius 3 is 2.67 bits per heavy atom. The molecule has 0 aliphatic heterocycles. The van der Waals surface area contributed by atoms with E-state index in [2.05, 4.69) is 15.6 Å². The van der Waals surface area contributed by atoms with E-state index < -0.39 is 17.8 Å². The van der Waals surface area contributed by atoms with Gasteiger partial charge in [-0.3, -0.25) is 14.4 Å². The summed E-state index contributed by atoms with van der Waals surface area (Å²) in [6.07, 6.45) is 6.69. The fraction of sp³-hybridized carbons (Fsp3) is 0.333. The van der Waals surface area contributed by atoms with Crippen LogP contribution in [0.1, 0.15) is 26.2 Å². The van der Waals surface area contributed by atoms with E-state index in [1.54, 1.807) is 29.8 Å². The molecule has 0 bridgehead atoms. The number of nitrogens with one attached hydrogen (secondary N) is 2. The third-order valence-corrected chi connectivity index (χ3v) is 6.84. The van der Waals surface area contributed by atoms with E-state index in [4.69, 9.17) is 0 Å². The maximum Gasteiger partial charge on any atom is 0.307 e. The van der Waals surface area contributed by atoms with Crippen molar-refractivity contribution in [3.63, 3.8) is 0 Å². The molecule has 0 fully saturated rings. The second-order valence-electron chi connectivity index (χ2n) is 6.85. The topological polar surface area (TPSA) is 108 Å². The lowest BCUT2D eigenvalue weighted by Crippen LogP contribution is -2.34. The Labute approximate surface area is 183 Å². The fourth-order valence-corrected chi connectivity index (χ4v) is 4.76. The molecule has 1 aliphatic rings. The van der Waals surface area contributed by atoms with Crippen molar-refractivity contribution in [3.8, 4) is 0 Å². The third kappa shape index (κ3) is 5.70. The number of thioether (sulfide) groups is 1. The Balaban J connectivity index is 1.65. The van der Waals surface area contributed by atoms with E-state index in [0.29, 0.717) is 30.1 Å². The maximum atomic E-state index is 12.7. The molecule has 3 atom stereocenters. The van der Waals surface area contributed by atoms with Crippen LogP contribution in [0.25, 0.3) is 0 Å². The maximum absolute atomic E-state index is 12.7. The van der Waals surface area contributed by atoms with Gasteiger partial charge in [-0.15, -0.1) is 23.1 Å². The van der Waals surface area contributed by atoms with Crippen LogP contribution in [0, 0.1) is 11.8 Å². The average molecular weight is 446 g/mol. The lowest BCUT2D eigenvalue weighted by Gasteiger charge is -2.24. The van der Waals surface area contributed by atoms with Crippen molar-refractivity contribution in [1.29, 1.82) is 0 Å². The molecule has 1 heterocycles. The molecule has 0 saturated carbocycles. The summed E-state index contributed by atoms with van der Waals surface area (Å²) >= 11 is 2.77. The van der Waals surface area contributed by atoms with Crippen molar-refractivity contribution < 1.29 is 19.5 Å². The number of anilines is 2. The molecule has 0 spiro atoms. The van der Waals surface area contributed by atoms with Crippen LogP contribution in [0.4, 0.5) is 10.8 Å². The highest BCUT2D eigenvalue weighted by Crippen LogP contribution is 2.30. The summed E-state index contributed by atoms with van der Waals surface area (Å²) in [5, 5.41) is 17.1. The van der Waals surface area contributed by atoms with Gasteiger partial charge in [0.15, 0.2) is 5.13 Å². The number of benzene rings is 1. The standard InChI is InChI=1S/C21H23N3O4S2/c1-2-17(19(26)24-21-22-10-11-29-21)30-14-7-5-6-13(12-14)23-18(25)15-8-3-4-9-16(15)20(27)28/h3-7,10-12,15-17H,2,8-9H2,1H3,(H,23,25)(H,27,28)(H,22,24,26). The zero-order valence-electron chi connectivity index (χ0n) is 16.4. The number of carboxylic acid groups (broad SMARTS) is 1. The zero-order valence-corrected chi connectivity index (χ0v) is 18.0. The number of aromatic nitrogens is 1. The number of carbonyl (C=O) groups excluding carboxylic acids is 2. The summed E-state index contributed by atoms with van der Waals surface area (Å²) in [4.78, 5) is 41.6. The van der Waals surface area contributed by atoms with E-state index in [1.807, 2.05) is 25.1 Å². The Kier molecular flexibility index (Phi) is 7.64. The molecule has 1 aliphatic carbocycles. The van der Waals surface area contributed by atoms with Crippen molar-refractivity contribution in [2.75, 3.05) is 10.6 Å². The predicted molar refractivity (Wildman–Crippen MR) is 119 cm³/mol. The van der Waals surface area contributed by atoms with Crippen molar-refractivity contribution in [2.24, 2.45) is 11.8 Å². The van der Waals surface area contributed by atoms with E-state index in [-0.39, 0.29) is 17.1 Å². The van der Waals surface area contributed by atoms with Crippen molar-refractivity contribution in [1.82, 2.24) is 4.98 Å². The van der Waals surface area contributed by atoms with Crippen LogP contribution in [-0.4, -0.2) is 33.1 Å². The molecule has 3 unspecified atom stereocenters. The smallest absolute Gasteiger partial charge is 0.307 e. The Morgan fingerprint density at radius 2 is 2.00 bits per heavy atom. The number of carbonyl (C=O) groups is 3. The van der Waals surface area contributed by atoms with Crippen LogP contribution in [0.15, 0.2) is 52.9 Å². The zero-order chi connectivity index (χ0) is 21.5. The Morgan fingerprint density at radius 1 is 1.23 bits per heavy atom. The molecule has 158 valence electrons.